The quantitative estimate of drug-likeness (QED) is 0.723. The smallest absolute Gasteiger partial charge is 0.244 e. The molecule has 3 heterocycles. The van der Waals surface area contributed by atoms with Crippen molar-refractivity contribution in [2.45, 2.75) is 12.5 Å². The molecule has 1 atom stereocenters. The summed E-state index contributed by atoms with van der Waals surface area (Å²) in [6.45, 7) is 0. The van der Waals surface area contributed by atoms with Crippen LogP contribution >= 0.6 is 0 Å². The molecule has 0 fully saturated rings. The van der Waals surface area contributed by atoms with Crippen molar-refractivity contribution in [3.63, 3.8) is 0 Å². The van der Waals surface area contributed by atoms with Gasteiger partial charge in [-0.1, -0.05) is 11.2 Å². The van der Waals surface area contributed by atoms with Crippen LogP contribution in [0.3, 0.4) is 0 Å². The largest absolute Gasteiger partial charge is 0.348 e. The van der Waals surface area contributed by atoms with Crippen LogP contribution in [0.5, 0.6) is 0 Å². The van der Waals surface area contributed by atoms with Gasteiger partial charge in [-0.15, -0.1) is 0 Å². The summed E-state index contributed by atoms with van der Waals surface area (Å²) in [4.78, 5) is 15.3. The van der Waals surface area contributed by atoms with Gasteiger partial charge in [0.15, 0.2) is 0 Å². The molecule has 96 valence electrons. The lowest BCUT2D eigenvalue weighted by Crippen LogP contribution is -2.14. The minimum absolute atomic E-state index is 0.370. The Morgan fingerprint density at radius 2 is 2.32 bits per heavy atom. The molecule has 0 aliphatic carbocycles. The van der Waals surface area contributed by atoms with Crippen molar-refractivity contribution in [3.8, 4) is 11.5 Å². The average Bonchev–Trinajstić information content (AvgIpc) is 3.10. The molecule has 0 radical (unpaired) electrons. The first-order valence-corrected chi connectivity index (χ1v) is 5.81. The fraction of sp³-hybridized carbons (Fsp3) is 0.167. The van der Waals surface area contributed by atoms with Crippen molar-refractivity contribution in [1.82, 2.24) is 25.1 Å². The predicted octanol–water partition coefficient (Wildman–Crippen LogP) is 1.10. The molecule has 0 aromatic carbocycles. The molecule has 3 rings (SSSR count). The van der Waals surface area contributed by atoms with Crippen molar-refractivity contribution in [2.24, 2.45) is 5.73 Å². The molecular formula is C12H12N6O. The van der Waals surface area contributed by atoms with Gasteiger partial charge in [-0.3, -0.25) is 4.98 Å². The molecule has 0 spiro atoms. The van der Waals surface area contributed by atoms with E-state index in [1.807, 2.05) is 18.2 Å². The van der Waals surface area contributed by atoms with Crippen LogP contribution in [0.15, 0.2) is 41.4 Å². The molecule has 7 heteroatoms. The highest BCUT2D eigenvalue weighted by Gasteiger charge is 2.17. The molecule has 0 bridgehead atoms. The van der Waals surface area contributed by atoms with Gasteiger partial charge in [-0.25, -0.2) is 4.98 Å². The van der Waals surface area contributed by atoms with Crippen LogP contribution in [0.4, 0.5) is 0 Å². The topological polar surface area (TPSA) is 107 Å². The molecule has 0 saturated carbocycles. The van der Waals surface area contributed by atoms with E-state index in [1.165, 1.54) is 0 Å². The van der Waals surface area contributed by atoms with Gasteiger partial charge in [-0.2, -0.15) is 4.98 Å². The van der Waals surface area contributed by atoms with Crippen molar-refractivity contribution < 1.29 is 4.52 Å². The van der Waals surface area contributed by atoms with Crippen LogP contribution in [0, 0.1) is 0 Å². The summed E-state index contributed by atoms with van der Waals surface area (Å²) in [5.74, 6) is 0.825. The lowest BCUT2D eigenvalue weighted by atomic mass is 10.2. The second kappa shape index (κ2) is 4.99. The molecular weight excluding hydrogens is 244 g/mol. The number of nitrogens with one attached hydrogen (secondary N) is 1. The number of hydrogen-bond acceptors (Lipinski definition) is 6. The zero-order valence-corrected chi connectivity index (χ0v) is 10.0. The van der Waals surface area contributed by atoms with E-state index in [-0.39, 0.29) is 6.04 Å². The molecule has 0 amide bonds. The molecule has 3 N–H and O–H groups in total. The highest BCUT2D eigenvalue weighted by molar-refractivity contribution is 5.47. The number of pyridine rings is 1. The number of aromatic amines is 1. The highest BCUT2D eigenvalue weighted by Crippen LogP contribution is 2.17. The van der Waals surface area contributed by atoms with Gasteiger partial charge in [0.1, 0.15) is 5.69 Å². The van der Waals surface area contributed by atoms with Crippen LogP contribution in [0.2, 0.25) is 0 Å². The molecule has 0 unspecified atom stereocenters. The summed E-state index contributed by atoms with van der Waals surface area (Å²) >= 11 is 0. The minimum atomic E-state index is -0.370. The van der Waals surface area contributed by atoms with E-state index in [0.29, 0.717) is 23.8 Å². The van der Waals surface area contributed by atoms with Crippen LogP contribution in [-0.2, 0) is 6.42 Å². The Morgan fingerprint density at radius 3 is 3.05 bits per heavy atom. The fourth-order valence-electron chi connectivity index (χ4n) is 1.71. The molecule has 3 aromatic rings. The van der Waals surface area contributed by atoms with Crippen LogP contribution in [0.1, 0.15) is 17.6 Å². The van der Waals surface area contributed by atoms with Crippen LogP contribution in [-0.4, -0.2) is 25.1 Å². The van der Waals surface area contributed by atoms with E-state index >= 15 is 0 Å². The maximum atomic E-state index is 6.01. The summed E-state index contributed by atoms with van der Waals surface area (Å²) in [5, 5.41) is 3.88. The van der Waals surface area contributed by atoms with Gasteiger partial charge in [-0.05, 0) is 12.1 Å². The second-order valence-electron chi connectivity index (χ2n) is 4.06. The number of nitrogens with two attached hydrogens (primary N) is 1. The number of hydrogen-bond donors (Lipinski definition) is 2. The minimum Gasteiger partial charge on any atom is -0.348 e. The van der Waals surface area contributed by atoms with Gasteiger partial charge in [0, 0.05) is 24.5 Å². The second-order valence-corrected chi connectivity index (χ2v) is 4.06. The molecule has 19 heavy (non-hydrogen) atoms. The number of aromatic nitrogens is 5. The Morgan fingerprint density at radius 1 is 1.37 bits per heavy atom. The van der Waals surface area contributed by atoms with E-state index in [1.54, 1.807) is 18.7 Å². The lowest BCUT2D eigenvalue weighted by Gasteiger charge is -2.03. The van der Waals surface area contributed by atoms with Crippen molar-refractivity contribution >= 4 is 0 Å². The summed E-state index contributed by atoms with van der Waals surface area (Å²) in [5.41, 5.74) is 7.59. The van der Waals surface area contributed by atoms with E-state index in [2.05, 4.69) is 25.1 Å². The summed E-state index contributed by atoms with van der Waals surface area (Å²) in [7, 11) is 0. The van der Waals surface area contributed by atoms with Gasteiger partial charge in [0.05, 0.1) is 12.4 Å². The molecule has 0 aliphatic heterocycles. The SMILES string of the molecule is N[C@H](Cc1cnc[nH]1)c1nc(-c2ccccn2)no1. The predicted molar refractivity (Wildman–Crippen MR) is 66.7 cm³/mol. The van der Waals surface area contributed by atoms with Crippen molar-refractivity contribution in [3.05, 3.63) is 48.5 Å². The molecule has 0 aliphatic rings. The Labute approximate surface area is 108 Å². The van der Waals surface area contributed by atoms with Crippen molar-refractivity contribution in [1.29, 1.82) is 0 Å². The maximum Gasteiger partial charge on any atom is 0.244 e. The normalized spacial score (nSPS) is 12.5. The summed E-state index contributed by atoms with van der Waals surface area (Å²) in [6.07, 6.45) is 5.56. The number of H-pyrrole nitrogens is 1. The van der Waals surface area contributed by atoms with Gasteiger partial charge in [0.25, 0.3) is 0 Å². The number of imidazole rings is 1. The third-order valence-electron chi connectivity index (χ3n) is 2.65. The average molecular weight is 256 g/mol. The standard InChI is InChI=1S/C12H12N6O/c13-9(5-8-6-14-7-16-8)12-17-11(18-19-12)10-3-1-2-4-15-10/h1-4,6-7,9H,5,13H2,(H,14,16)/t9-/m1/s1. The van der Waals surface area contributed by atoms with Gasteiger partial charge >= 0.3 is 0 Å². The summed E-state index contributed by atoms with van der Waals surface area (Å²) < 4.78 is 5.17. The van der Waals surface area contributed by atoms with Crippen LogP contribution < -0.4 is 5.73 Å². The first-order valence-electron chi connectivity index (χ1n) is 5.81. The third-order valence-corrected chi connectivity index (χ3v) is 2.65. The highest BCUT2D eigenvalue weighted by atomic mass is 16.5. The molecule has 3 aromatic heterocycles. The van der Waals surface area contributed by atoms with E-state index < -0.39 is 0 Å². The Balaban J connectivity index is 1.78. The Kier molecular flexibility index (Phi) is 3.03. The zero-order valence-electron chi connectivity index (χ0n) is 10.0. The van der Waals surface area contributed by atoms with Crippen LogP contribution in [0.25, 0.3) is 11.5 Å². The summed E-state index contributed by atoms with van der Waals surface area (Å²) in [6, 6.07) is 5.14. The first-order chi connectivity index (χ1) is 9.33. The maximum absolute atomic E-state index is 6.01. The third kappa shape index (κ3) is 2.50. The fourth-order valence-corrected chi connectivity index (χ4v) is 1.71. The van der Waals surface area contributed by atoms with E-state index in [9.17, 15) is 0 Å². The van der Waals surface area contributed by atoms with E-state index in [4.69, 9.17) is 10.3 Å². The Hall–Kier alpha value is -2.54. The van der Waals surface area contributed by atoms with Crippen molar-refractivity contribution in [2.75, 3.05) is 0 Å². The number of nitrogens with zero attached hydrogens (tertiary/aromatic N) is 4. The Bertz CT molecular complexity index is 633. The zero-order chi connectivity index (χ0) is 13.1. The first kappa shape index (κ1) is 11.5. The monoisotopic (exact) mass is 256 g/mol. The lowest BCUT2D eigenvalue weighted by molar-refractivity contribution is 0.354. The van der Waals surface area contributed by atoms with Gasteiger partial charge in [0.2, 0.25) is 11.7 Å². The van der Waals surface area contributed by atoms with Gasteiger partial charge < -0.3 is 15.2 Å². The van der Waals surface area contributed by atoms with E-state index in [0.717, 1.165) is 5.69 Å². The molecule has 7 nitrogen and oxygen atoms in total. The number of rotatable bonds is 4. The molecule has 0 saturated heterocycles.